The van der Waals surface area contributed by atoms with Gasteiger partial charge in [0.05, 0.1) is 11.5 Å². The predicted molar refractivity (Wildman–Crippen MR) is 89.5 cm³/mol. The fourth-order valence-corrected chi connectivity index (χ4v) is 2.66. The number of phenols is 3. The van der Waals surface area contributed by atoms with E-state index in [-0.39, 0.29) is 45.4 Å². The van der Waals surface area contributed by atoms with E-state index in [1.807, 2.05) is 0 Å². The Balaban J connectivity index is 2.41. The molecule has 0 spiro atoms. The number of aliphatic hydroxyl groups is 1. The maximum Gasteiger partial charge on any atom is 0.204 e. The minimum Gasteiger partial charge on any atom is -0.508 e. The minimum atomic E-state index is -0.940. The van der Waals surface area contributed by atoms with Crippen LogP contribution in [0.5, 0.6) is 17.2 Å². The fraction of sp³-hybridized carbons (Fsp3) is 0.167. The van der Waals surface area contributed by atoms with Gasteiger partial charge >= 0.3 is 0 Å². The largest absolute Gasteiger partial charge is 0.508 e. The van der Waals surface area contributed by atoms with Crippen LogP contribution in [-0.4, -0.2) is 26.5 Å². The molecule has 0 saturated heterocycles. The number of hydrogen-bond acceptors (Lipinski definition) is 6. The zero-order chi connectivity index (χ0) is 17.6. The fourth-order valence-electron chi connectivity index (χ4n) is 2.66. The topological polar surface area (TPSA) is 111 Å². The highest BCUT2D eigenvalue weighted by atomic mass is 16.3. The van der Waals surface area contributed by atoms with Crippen molar-refractivity contribution in [2.75, 3.05) is 0 Å². The third-order valence-electron chi connectivity index (χ3n) is 3.96. The summed E-state index contributed by atoms with van der Waals surface area (Å²) < 4.78 is 5.59. The number of aromatic hydroxyl groups is 3. The normalized spacial score (nSPS) is 12.6. The third-order valence-corrected chi connectivity index (χ3v) is 3.96. The Kier molecular flexibility index (Phi) is 3.69. The highest BCUT2D eigenvalue weighted by Crippen LogP contribution is 2.33. The van der Waals surface area contributed by atoms with E-state index >= 15 is 0 Å². The van der Waals surface area contributed by atoms with Gasteiger partial charge in [-0.3, -0.25) is 4.79 Å². The van der Waals surface area contributed by atoms with Gasteiger partial charge in [0.25, 0.3) is 0 Å². The van der Waals surface area contributed by atoms with Crippen LogP contribution in [-0.2, 0) is 6.42 Å². The minimum absolute atomic E-state index is 0.0202. The zero-order valence-corrected chi connectivity index (χ0v) is 12.9. The van der Waals surface area contributed by atoms with Crippen LogP contribution >= 0.6 is 0 Å². The summed E-state index contributed by atoms with van der Waals surface area (Å²) in [5, 5.41) is 39.7. The van der Waals surface area contributed by atoms with Crippen molar-refractivity contribution in [3.8, 4) is 17.2 Å². The van der Waals surface area contributed by atoms with Gasteiger partial charge in [0.2, 0.25) is 5.43 Å². The molecule has 1 heterocycles. The molecule has 0 fully saturated rings. The molecule has 3 aromatic rings. The highest BCUT2D eigenvalue weighted by Gasteiger charge is 2.20. The molecule has 24 heavy (non-hydrogen) atoms. The Morgan fingerprint density at radius 3 is 2.50 bits per heavy atom. The predicted octanol–water partition coefficient (Wildman–Crippen LogP) is 2.54. The van der Waals surface area contributed by atoms with Crippen LogP contribution in [0.15, 0.2) is 45.6 Å². The Morgan fingerprint density at radius 2 is 1.83 bits per heavy atom. The van der Waals surface area contributed by atoms with Crippen LogP contribution in [0.2, 0.25) is 0 Å². The van der Waals surface area contributed by atoms with E-state index in [0.29, 0.717) is 5.57 Å². The Labute approximate surface area is 136 Å². The SMILES string of the molecule is C=C(C)C(O)Cc1c(O)ccc2oc3cc(O)cc(O)c3c(=O)c12. The Hall–Kier alpha value is -2.99. The van der Waals surface area contributed by atoms with E-state index in [9.17, 15) is 25.2 Å². The number of benzene rings is 2. The summed E-state index contributed by atoms with van der Waals surface area (Å²) in [5.74, 6) is -0.817. The monoisotopic (exact) mass is 328 g/mol. The van der Waals surface area contributed by atoms with Crippen molar-refractivity contribution >= 4 is 21.9 Å². The molecule has 0 amide bonds. The molecule has 0 bridgehead atoms. The molecule has 1 aromatic heterocycles. The quantitative estimate of drug-likeness (QED) is 0.434. The average Bonchev–Trinajstić information content (AvgIpc) is 2.49. The van der Waals surface area contributed by atoms with Gasteiger partial charge in [-0.25, -0.2) is 0 Å². The van der Waals surface area contributed by atoms with Gasteiger partial charge in [0, 0.05) is 24.1 Å². The second kappa shape index (κ2) is 5.58. The van der Waals surface area contributed by atoms with Gasteiger partial charge in [0.15, 0.2) is 0 Å². The lowest BCUT2D eigenvalue weighted by Gasteiger charge is -2.14. The van der Waals surface area contributed by atoms with E-state index in [2.05, 4.69) is 6.58 Å². The number of aliphatic hydroxyl groups excluding tert-OH is 1. The number of phenolic OH excluding ortho intramolecular Hbond substituents is 3. The van der Waals surface area contributed by atoms with Crippen molar-refractivity contribution in [3.05, 3.63) is 52.2 Å². The van der Waals surface area contributed by atoms with Gasteiger partial charge in [-0.1, -0.05) is 12.2 Å². The van der Waals surface area contributed by atoms with Gasteiger partial charge < -0.3 is 24.8 Å². The molecule has 6 heteroatoms. The summed E-state index contributed by atoms with van der Waals surface area (Å²) in [6.45, 7) is 5.29. The van der Waals surface area contributed by atoms with E-state index < -0.39 is 17.3 Å². The molecule has 4 N–H and O–H groups in total. The molecule has 0 radical (unpaired) electrons. The van der Waals surface area contributed by atoms with Crippen LogP contribution in [0.25, 0.3) is 21.9 Å². The molecular weight excluding hydrogens is 312 g/mol. The van der Waals surface area contributed by atoms with Gasteiger partial charge in [-0.2, -0.15) is 0 Å². The second-order valence-corrected chi connectivity index (χ2v) is 5.77. The van der Waals surface area contributed by atoms with Crippen molar-refractivity contribution in [3.63, 3.8) is 0 Å². The smallest absolute Gasteiger partial charge is 0.204 e. The van der Waals surface area contributed by atoms with Gasteiger partial charge in [-0.15, -0.1) is 0 Å². The number of rotatable bonds is 3. The van der Waals surface area contributed by atoms with E-state index in [1.165, 1.54) is 18.2 Å². The van der Waals surface area contributed by atoms with E-state index in [0.717, 1.165) is 6.07 Å². The second-order valence-electron chi connectivity index (χ2n) is 5.77. The molecule has 6 nitrogen and oxygen atoms in total. The highest BCUT2D eigenvalue weighted by molar-refractivity contribution is 5.95. The summed E-state index contributed by atoms with van der Waals surface area (Å²) in [7, 11) is 0. The van der Waals surface area contributed by atoms with E-state index in [1.54, 1.807) is 6.92 Å². The number of hydrogen-bond donors (Lipinski definition) is 4. The lowest BCUT2D eigenvalue weighted by atomic mass is 9.97. The maximum absolute atomic E-state index is 12.8. The first-order valence-corrected chi connectivity index (χ1v) is 7.26. The third kappa shape index (κ3) is 2.47. The van der Waals surface area contributed by atoms with Crippen LogP contribution < -0.4 is 5.43 Å². The first-order valence-electron chi connectivity index (χ1n) is 7.26. The first kappa shape index (κ1) is 15.9. The van der Waals surface area contributed by atoms with Crippen molar-refractivity contribution in [1.82, 2.24) is 0 Å². The Morgan fingerprint density at radius 1 is 1.12 bits per heavy atom. The van der Waals surface area contributed by atoms with Gasteiger partial charge in [0.1, 0.15) is 33.8 Å². The molecule has 1 atom stereocenters. The summed E-state index contributed by atoms with van der Waals surface area (Å²) >= 11 is 0. The molecule has 124 valence electrons. The van der Waals surface area contributed by atoms with Crippen LogP contribution in [0, 0.1) is 0 Å². The van der Waals surface area contributed by atoms with Crippen molar-refractivity contribution in [1.29, 1.82) is 0 Å². The molecule has 3 rings (SSSR count). The Bertz CT molecular complexity index is 1030. The van der Waals surface area contributed by atoms with E-state index in [4.69, 9.17) is 4.42 Å². The summed E-state index contributed by atoms with van der Waals surface area (Å²) in [5.41, 5.74) is 0.361. The lowest BCUT2D eigenvalue weighted by molar-refractivity contribution is 0.211. The average molecular weight is 328 g/mol. The lowest BCUT2D eigenvalue weighted by Crippen LogP contribution is -2.14. The van der Waals surface area contributed by atoms with Crippen LogP contribution in [0.4, 0.5) is 0 Å². The van der Waals surface area contributed by atoms with Crippen molar-refractivity contribution < 1.29 is 24.8 Å². The summed E-state index contributed by atoms with van der Waals surface area (Å²) in [6, 6.07) is 5.05. The summed E-state index contributed by atoms with van der Waals surface area (Å²) in [6.07, 6.45) is -0.960. The molecule has 0 saturated carbocycles. The molecule has 0 aliphatic heterocycles. The maximum atomic E-state index is 12.8. The molecule has 0 aliphatic rings. The van der Waals surface area contributed by atoms with Crippen LogP contribution in [0.1, 0.15) is 12.5 Å². The molecule has 2 aromatic carbocycles. The van der Waals surface area contributed by atoms with Crippen LogP contribution in [0.3, 0.4) is 0 Å². The van der Waals surface area contributed by atoms with Gasteiger partial charge in [-0.05, 0) is 19.1 Å². The van der Waals surface area contributed by atoms with Crippen molar-refractivity contribution in [2.24, 2.45) is 0 Å². The molecule has 0 aliphatic carbocycles. The molecular formula is C18H16O6. The van der Waals surface area contributed by atoms with Crippen molar-refractivity contribution in [2.45, 2.75) is 19.4 Å². The molecule has 1 unspecified atom stereocenters. The first-order chi connectivity index (χ1) is 11.3. The zero-order valence-electron chi connectivity index (χ0n) is 12.9. The summed E-state index contributed by atoms with van der Waals surface area (Å²) in [4.78, 5) is 12.8. The number of fused-ring (bicyclic) bond motifs is 2. The standard InChI is InChI=1S/C18H16O6/c1-8(2)12(21)7-10-11(20)3-4-14-16(10)18(23)17-13(22)5-9(19)6-15(17)24-14/h3-6,12,19-22H,1,7H2,2H3.